The molecule has 4 atom stereocenters. The Hall–Kier alpha value is -3.54. The third-order valence-corrected chi connectivity index (χ3v) is 9.81. The van der Waals surface area contributed by atoms with Crippen LogP contribution in [0.4, 0.5) is 8.78 Å². The molecule has 1 aliphatic carbocycles. The van der Waals surface area contributed by atoms with Crippen LogP contribution in [0.5, 0.6) is 11.5 Å². The van der Waals surface area contributed by atoms with Crippen molar-refractivity contribution < 1.29 is 36.6 Å². The highest BCUT2D eigenvalue weighted by atomic mass is 32.2. The summed E-state index contributed by atoms with van der Waals surface area (Å²) in [6.07, 6.45) is -0.834. The summed E-state index contributed by atoms with van der Waals surface area (Å²) < 4.78 is 65.5. The number of piperidine rings is 1. The first-order chi connectivity index (χ1) is 20.3. The molecule has 3 aromatic rings. The van der Waals surface area contributed by atoms with E-state index in [0.29, 0.717) is 43.8 Å². The highest BCUT2D eigenvalue weighted by Gasteiger charge is 2.57. The lowest BCUT2D eigenvalue weighted by Gasteiger charge is -2.20. The lowest BCUT2D eigenvalue weighted by molar-refractivity contribution is -0.145. The first-order valence-corrected chi connectivity index (χ1v) is 15.7. The molecular weight excluding hydrogens is 578 g/mol. The predicted octanol–water partition coefficient (Wildman–Crippen LogP) is 4.62. The van der Waals surface area contributed by atoms with E-state index in [2.05, 4.69) is 26.1 Å². The van der Waals surface area contributed by atoms with Gasteiger partial charge in [-0.2, -0.15) is 4.31 Å². The van der Waals surface area contributed by atoms with Gasteiger partial charge in [0.05, 0.1) is 4.90 Å². The average Bonchev–Trinajstić information content (AvgIpc) is 3.37. The van der Waals surface area contributed by atoms with E-state index >= 15 is 0 Å². The van der Waals surface area contributed by atoms with Crippen molar-refractivity contribution in [1.82, 2.24) is 9.62 Å². The van der Waals surface area contributed by atoms with Crippen LogP contribution in [0.25, 0.3) is 0 Å². The predicted molar refractivity (Wildman–Crippen MR) is 157 cm³/mol. The lowest BCUT2D eigenvalue weighted by Crippen LogP contribution is -2.36. The van der Waals surface area contributed by atoms with E-state index in [0.717, 1.165) is 23.3 Å². The summed E-state index contributed by atoms with van der Waals surface area (Å²) in [6.45, 7) is 7.88. The number of hydrogen-bond donors (Lipinski definition) is 2. The van der Waals surface area contributed by atoms with Crippen molar-refractivity contribution in [2.24, 2.45) is 11.8 Å². The Labute approximate surface area is 250 Å². The third kappa shape index (κ3) is 7.34. The highest BCUT2D eigenvalue weighted by molar-refractivity contribution is 7.89. The molecule has 1 saturated heterocycles. The first kappa shape index (κ1) is 30.9. The van der Waals surface area contributed by atoms with Gasteiger partial charge in [0, 0.05) is 38.2 Å². The van der Waals surface area contributed by atoms with Crippen LogP contribution in [0.1, 0.15) is 31.9 Å². The molecule has 8 nitrogen and oxygen atoms in total. The van der Waals surface area contributed by atoms with Crippen molar-refractivity contribution in [2.45, 2.75) is 49.6 Å². The third-order valence-electron chi connectivity index (χ3n) is 8.00. The molecule has 1 saturated carbocycles. The van der Waals surface area contributed by atoms with Gasteiger partial charge in [0.1, 0.15) is 29.7 Å². The van der Waals surface area contributed by atoms with E-state index in [-0.39, 0.29) is 34.6 Å². The fraction of sp³-hybridized carbons (Fsp3) is 0.406. The Morgan fingerprint density at radius 2 is 1.56 bits per heavy atom. The molecule has 2 fully saturated rings. The van der Waals surface area contributed by atoms with Crippen molar-refractivity contribution in [3.05, 3.63) is 89.5 Å². The van der Waals surface area contributed by atoms with Gasteiger partial charge in [0.25, 0.3) is 0 Å². The number of carbonyl (C=O) groups is 1. The fourth-order valence-corrected chi connectivity index (χ4v) is 7.08. The van der Waals surface area contributed by atoms with Gasteiger partial charge in [-0.15, -0.1) is 0 Å². The number of nitrogens with zero attached hydrogens (tertiary/aromatic N) is 1. The van der Waals surface area contributed by atoms with E-state index in [4.69, 9.17) is 9.47 Å². The number of aliphatic carboxylic acids is 1. The Kier molecular flexibility index (Phi) is 8.78. The van der Waals surface area contributed by atoms with E-state index in [1.807, 2.05) is 24.3 Å². The normalized spacial score (nSPS) is 20.8. The number of fused-ring (bicyclic) bond motifs is 1. The van der Waals surface area contributed by atoms with Gasteiger partial charge < -0.3 is 19.9 Å². The second kappa shape index (κ2) is 12.2. The summed E-state index contributed by atoms with van der Waals surface area (Å²) in [5.41, 5.74) is 1.93. The van der Waals surface area contributed by atoms with Crippen LogP contribution in [0.15, 0.2) is 71.6 Å². The number of hydrogen-bond acceptors (Lipinski definition) is 6. The number of rotatable bonds is 12. The Balaban J connectivity index is 1.04. The van der Waals surface area contributed by atoms with Gasteiger partial charge in [-0.25, -0.2) is 22.0 Å². The van der Waals surface area contributed by atoms with Gasteiger partial charge in [0.2, 0.25) is 10.0 Å². The van der Waals surface area contributed by atoms with E-state index in [9.17, 15) is 27.1 Å². The summed E-state index contributed by atoms with van der Waals surface area (Å²) in [7, 11) is -3.95. The monoisotopic (exact) mass is 614 g/mol. The molecular formula is C32H36F2N2O6S. The smallest absolute Gasteiger partial charge is 0.345 e. The number of sulfonamides is 1. The molecule has 2 N–H and O–H groups in total. The number of halogens is 2. The summed E-state index contributed by atoms with van der Waals surface area (Å²) in [5.74, 6) is -1.45. The van der Waals surface area contributed by atoms with Crippen molar-refractivity contribution in [3.8, 4) is 11.5 Å². The molecule has 0 aromatic heterocycles. The highest BCUT2D eigenvalue weighted by Crippen LogP contribution is 2.47. The van der Waals surface area contributed by atoms with Gasteiger partial charge in [-0.1, -0.05) is 45.0 Å². The first-order valence-electron chi connectivity index (χ1n) is 14.2. The molecule has 230 valence electrons. The Morgan fingerprint density at radius 3 is 2.12 bits per heavy atom. The summed E-state index contributed by atoms with van der Waals surface area (Å²) in [6, 6.07) is 17.2. The molecule has 2 aliphatic rings. The minimum Gasteiger partial charge on any atom is -0.492 e. The zero-order valence-electron chi connectivity index (χ0n) is 24.3. The summed E-state index contributed by atoms with van der Waals surface area (Å²) in [4.78, 5) is 11.5. The van der Waals surface area contributed by atoms with E-state index < -0.39 is 33.7 Å². The zero-order chi connectivity index (χ0) is 30.9. The number of carboxylic acids is 1. The number of nitrogens with one attached hydrogen (secondary N) is 1. The minimum absolute atomic E-state index is 0.00902. The molecule has 3 aromatic carbocycles. The molecule has 0 amide bonds. The molecule has 11 heteroatoms. The van der Waals surface area contributed by atoms with Crippen LogP contribution in [0, 0.1) is 23.5 Å². The molecule has 5 rings (SSSR count). The van der Waals surface area contributed by atoms with Crippen LogP contribution >= 0.6 is 0 Å². The summed E-state index contributed by atoms with van der Waals surface area (Å²) in [5, 5.41) is 13.1. The maximum atomic E-state index is 13.5. The standard InChI is InChI=1S/C32H36F2N2O6S/c1-32(2,3)21-6-10-25(11-7-21)42-29(31(37)38)14-20-4-8-24(9-5-20)41-13-12-35-30-27-18-36(19-28(27)30)43(39,40)26-16-22(33)15-23(34)17-26/h4-11,15-17,27-30,35H,12-14,18-19H2,1-3H3,(H,37,38)/t27-,28?,29+,30?/m1/s1. The second-order valence-corrected chi connectivity index (χ2v) is 14.1. The van der Waals surface area contributed by atoms with Crippen LogP contribution in [-0.2, 0) is 26.7 Å². The van der Waals surface area contributed by atoms with Gasteiger partial charge >= 0.3 is 5.97 Å². The summed E-state index contributed by atoms with van der Waals surface area (Å²) >= 11 is 0. The molecule has 1 aliphatic heterocycles. The van der Waals surface area contributed by atoms with Crippen LogP contribution in [0.2, 0.25) is 0 Å². The topological polar surface area (TPSA) is 105 Å². The van der Waals surface area contributed by atoms with Crippen LogP contribution in [0.3, 0.4) is 0 Å². The molecule has 0 radical (unpaired) electrons. The van der Waals surface area contributed by atoms with Crippen molar-refractivity contribution >= 4 is 16.0 Å². The van der Waals surface area contributed by atoms with Crippen LogP contribution < -0.4 is 14.8 Å². The van der Waals surface area contributed by atoms with Crippen molar-refractivity contribution in [1.29, 1.82) is 0 Å². The molecule has 2 unspecified atom stereocenters. The van der Waals surface area contributed by atoms with Gasteiger partial charge in [-0.05, 0) is 64.8 Å². The second-order valence-electron chi connectivity index (χ2n) is 12.2. The van der Waals surface area contributed by atoms with E-state index in [1.54, 1.807) is 24.3 Å². The molecule has 0 bridgehead atoms. The number of benzene rings is 3. The largest absolute Gasteiger partial charge is 0.492 e. The quantitative estimate of drug-likeness (QED) is 0.287. The minimum atomic E-state index is -3.95. The van der Waals surface area contributed by atoms with Crippen molar-refractivity contribution in [2.75, 3.05) is 26.2 Å². The number of ether oxygens (including phenoxy) is 2. The Bertz CT molecular complexity index is 1530. The van der Waals surface area contributed by atoms with Gasteiger partial charge in [0.15, 0.2) is 6.10 Å². The maximum Gasteiger partial charge on any atom is 0.345 e. The molecule has 1 heterocycles. The molecule has 43 heavy (non-hydrogen) atoms. The maximum absolute atomic E-state index is 13.5. The number of carboxylic acid groups (broad SMARTS) is 1. The Morgan fingerprint density at radius 1 is 0.977 bits per heavy atom. The lowest BCUT2D eigenvalue weighted by atomic mass is 9.87. The van der Waals surface area contributed by atoms with Crippen LogP contribution in [-0.4, -0.2) is 62.2 Å². The van der Waals surface area contributed by atoms with Crippen molar-refractivity contribution in [3.63, 3.8) is 0 Å². The fourth-order valence-electron chi connectivity index (χ4n) is 5.52. The van der Waals surface area contributed by atoms with E-state index in [1.165, 1.54) is 4.31 Å². The van der Waals surface area contributed by atoms with Gasteiger partial charge in [-0.3, -0.25) is 0 Å². The SMILES string of the molecule is CC(C)(C)c1ccc(O[C@@H](Cc2ccc(OCCNC3C4CN(S(=O)(=O)c5cc(F)cc(F)c5)C[C@H]43)cc2)C(=O)O)cc1. The average molecular weight is 615 g/mol. The molecule has 0 spiro atoms. The zero-order valence-corrected chi connectivity index (χ0v) is 25.1.